The Bertz CT molecular complexity index is 1560. The van der Waals surface area contributed by atoms with Crippen molar-refractivity contribution < 1.29 is 28.6 Å². The van der Waals surface area contributed by atoms with E-state index in [1.165, 1.54) is 173 Å². The highest BCUT2D eigenvalue weighted by molar-refractivity contribution is 5.71. The highest BCUT2D eigenvalue weighted by Gasteiger charge is 2.19. The third-order valence-corrected chi connectivity index (χ3v) is 14.9. The Morgan fingerprint density at radius 2 is 0.487 bits per heavy atom. The fourth-order valence-corrected chi connectivity index (χ4v) is 9.76. The lowest BCUT2D eigenvalue weighted by Crippen LogP contribution is -2.30. The standard InChI is InChI=1S/C74H128O6/c1-4-7-10-13-16-19-22-25-27-29-31-33-34-35-36-37-38-39-40-42-43-45-47-49-52-55-58-61-64-67-73(76)79-70-71(69-78-72(75)66-63-60-57-54-51-24-21-18-15-12-9-6-3)80-74(77)68-65-62-59-56-53-50-48-46-44-41-32-30-28-26-23-20-17-14-11-8-5-2/h7,10,16,19,25,27,31,33,35-36,38-39,42-43,47,49,71H,4-6,8-9,11-15,17-18,20-24,26,28-30,32,34,37,40-41,44-46,48,50-70H2,1-3H3/b10-7-,19-16-,27-25-,33-31-,36-35-,39-38-,43-42-,49-47-. The molecule has 0 aliphatic carbocycles. The van der Waals surface area contributed by atoms with E-state index in [2.05, 4.69) is 118 Å². The molecule has 0 N–H and O–H groups in total. The van der Waals surface area contributed by atoms with Crippen LogP contribution in [-0.2, 0) is 28.6 Å². The second kappa shape index (κ2) is 67.8. The first-order valence-electron chi connectivity index (χ1n) is 34.2. The van der Waals surface area contributed by atoms with Gasteiger partial charge in [-0.15, -0.1) is 0 Å². The number of rotatable bonds is 62. The largest absolute Gasteiger partial charge is 0.462 e. The Morgan fingerprint density at radius 3 is 0.762 bits per heavy atom. The van der Waals surface area contributed by atoms with Crippen LogP contribution in [0.15, 0.2) is 97.2 Å². The lowest BCUT2D eigenvalue weighted by Gasteiger charge is -2.18. The van der Waals surface area contributed by atoms with E-state index in [1.54, 1.807) is 0 Å². The van der Waals surface area contributed by atoms with Crippen LogP contribution in [-0.4, -0.2) is 37.2 Å². The summed E-state index contributed by atoms with van der Waals surface area (Å²) in [5.41, 5.74) is 0. The van der Waals surface area contributed by atoms with Gasteiger partial charge in [-0.05, 0) is 83.5 Å². The number of unbranched alkanes of at least 4 members (excludes halogenated alkanes) is 35. The molecule has 0 fully saturated rings. The predicted molar refractivity (Wildman–Crippen MR) is 348 cm³/mol. The predicted octanol–water partition coefficient (Wildman–Crippen LogP) is 23.6. The molecule has 0 saturated carbocycles. The van der Waals surface area contributed by atoms with Gasteiger partial charge in [-0.2, -0.15) is 0 Å². The minimum absolute atomic E-state index is 0.0811. The van der Waals surface area contributed by atoms with Crippen molar-refractivity contribution in [3.63, 3.8) is 0 Å². The van der Waals surface area contributed by atoms with Gasteiger partial charge >= 0.3 is 17.9 Å². The van der Waals surface area contributed by atoms with Gasteiger partial charge in [0.1, 0.15) is 13.2 Å². The van der Waals surface area contributed by atoms with Crippen LogP contribution in [0.4, 0.5) is 0 Å². The molecule has 6 nitrogen and oxygen atoms in total. The zero-order chi connectivity index (χ0) is 57.8. The maximum atomic E-state index is 12.9. The van der Waals surface area contributed by atoms with Crippen molar-refractivity contribution in [3.8, 4) is 0 Å². The summed E-state index contributed by atoms with van der Waals surface area (Å²) in [6.45, 7) is 6.55. The number of hydrogen-bond acceptors (Lipinski definition) is 6. The smallest absolute Gasteiger partial charge is 0.306 e. The summed E-state index contributed by atoms with van der Waals surface area (Å²) in [6, 6.07) is 0. The van der Waals surface area contributed by atoms with Crippen LogP contribution in [0.25, 0.3) is 0 Å². The SMILES string of the molecule is CC/C=C\C/C=C\C/C=C\C/C=C\C/C=C\C/C=C\C/C=C\C/C=C\CCCCCCC(=O)OCC(COC(=O)CCCCCCCCCCCCCC)OC(=O)CCCCCCCCCCCCCCCCCCCCCCC. The second-order valence-electron chi connectivity index (χ2n) is 22.7. The molecule has 0 aliphatic rings. The normalized spacial score (nSPS) is 12.7. The fraction of sp³-hybridized carbons (Fsp3) is 0.743. The highest BCUT2D eigenvalue weighted by atomic mass is 16.6. The first-order chi connectivity index (χ1) is 39.5. The monoisotopic (exact) mass is 1110 g/mol. The molecule has 0 amide bonds. The van der Waals surface area contributed by atoms with E-state index in [0.29, 0.717) is 19.3 Å². The van der Waals surface area contributed by atoms with E-state index in [-0.39, 0.29) is 31.1 Å². The molecule has 0 spiro atoms. The third kappa shape index (κ3) is 65.1. The molecular formula is C74H128O6. The summed E-state index contributed by atoms with van der Waals surface area (Å²) in [4.78, 5) is 38.4. The highest BCUT2D eigenvalue weighted by Crippen LogP contribution is 2.17. The number of ether oxygens (including phenoxy) is 3. The first-order valence-corrected chi connectivity index (χ1v) is 34.2. The molecule has 0 rings (SSSR count). The Labute approximate surface area is 496 Å². The van der Waals surface area contributed by atoms with Crippen molar-refractivity contribution in [1.82, 2.24) is 0 Å². The lowest BCUT2D eigenvalue weighted by atomic mass is 10.0. The number of hydrogen-bond donors (Lipinski definition) is 0. The first kappa shape index (κ1) is 76.3. The third-order valence-electron chi connectivity index (χ3n) is 14.9. The maximum absolute atomic E-state index is 12.9. The van der Waals surface area contributed by atoms with Crippen molar-refractivity contribution in [1.29, 1.82) is 0 Å². The van der Waals surface area contributed by atoms with Gasteiger partial charge in [0, 0.05) is 19.3 Å². The van der Waals surface area contributed by atoms with Gasteiger partial charge in [0.15, 0.2) is 6.10 Å². The lowest BCUT2D eigenvalue weighted by molar-refractivity contribution is -0.167. The molecule has 0 radical (unpaired) electrons. The summed E-state index contributed by atoms with van der Waals surface area (Å²) in [6.07, 6.45) is 91.4. The van der Waals surface area contributed by atoms with E-state index in [9.17, 15) is 14.4 Å². The molecule has 0 aliphatic heterocycles. The summed E-state index contributed by atoms with van der Waals surface area (Å²) in [5, 5.41) is 0. The van der Waals surface area contributed by atoms with Crippen molar-refractivity contribution in [2.45, 2.75) is 341 Å². The molecule has 0 aromatic carbocycles. The van der Waals surface area contributed by atoms with Crippen molar-refractivity contribution in [3.05, 3.63) is 97.2 Å². The van der Waals surface area contributed by atoms with E-state index in [4.69, 9.17) is 14.2 Å². The van der Waals surface area contributed by atoms with Crippen LogP contribution >= 0.6 is 0 Å². The molecular weight excluding hydrogens is 985 g/mol. The van der Waals surface area contributed by atoms with Gasteiger partial charge in [-0.1, -0.05) is 330 Å². The number of esters is 3. The Hall–Kier alpha value is -3.67. The number of allylic oxidation sites excluding steroid dienone is 16. The van der Waals surface area contributed by atoms with Gasteiger partial charge in [-0.3, -0.25) is 14.4 Å². The van der Waals surface area contributed by atoms with Crippen LogP contribution in [0, 0.1) is 0 Å². The van der Waals surface area contributed by atoms with Crippen molar-refractivity contribution in [2.75, 3.05) is 13.2 Å². The van der Waals surface area contributed by atoms with E-state index >= 15 is 0 Å². The summed E-state index contributed by atoms with van der Waals surface area (Å²) in [7, 11) is 0. The summed E-state index contributed by atoms with van der Waals surface area (Å²) in [5.74, 6) is -0.891. The van der Waals surface area contributed by atoms with E-state index in [0.717, 1.165) is 122 Å². The van der Waals surface area contributed by atoms with E-state index in [1.807, 2.05) is 0 Å². The summed E-state index contributed by atoms with van der Waals surface area (Å²) >= 11 is 0. The molecule has 80 heavy (non-hydrogen) atoms. The van der Waals surface area contributed by atoms with Crippen LogP contribution in [0.3, 0.4) is 0 Å². The van der Waals surface area contributed by atoms with Gasteiger partial charge in [-0.25, -0.2) is 0 Å². The van der Waals surface area contributed by atoms with E-state index < -0.39 is 6.10 Å². The molecule has 0 aromatic rings. The molecule has 6 heteroatoms. The molecule has 0 aromatic heterocycles. The molecule has 460 valence electrons. The molecule has 0 bridgehead atoms. The van der Waals surface area contributed by atoms with Crippen molar-refractivity contribution >= 4 is 17.9 Å². The van der Waals surface area contributed by atoms with Crippen LogP contribution < -0.4 is 0 Å². The Kier molecular flexibility index (Phi) is 64.7. The fourth-order valence-electron chi connectivity index (χ4n) is 9.76. The van der Waals surface area contributed by atoms with Crippen LogP contribution in [0.2, 0.25) is 0 Å². The molecule has 0 heterocycles. The maximum Gasteiger partial charge on any atom is 0.306 e. The Balaban J connectivity index is 4.33. The number of carbonyl (C=O) groups excluding carboxylic acids is 3. The average molecular weight is 1110 g/mol. The van der Waals surface area contributed by atoms with Crippen LogP contribution in [0.1, 0.15) is 335 Å². The molecule has 0 saturated heterocycles. The summed E-state index contributed by atoms with van der Waals surface area (Å²) < 4.78 is 16.9. The number of carbonyl (C=O) groups is 3. The van der Waals surface area contributed by atoms with Crippen LogP contribution in [0.5, 0.6) is 0 Å². The second-order valence-corrected chi connectivity index (χ2v) is 22.7. The topological polar surface area (TPSA) is 78.9 Å². The van der Waals surface area contributed by atoms with Gasteiger partial charge in [0.2, 0.25) is 0 Å². The minimum atomic E-state index is -0.787. The van der Waals surface area contributed by atoms with Gasteiger partial charge in [0.05, 0.1) is 0 Å². The minimum Gasteiger partial charge on any atom is -0.462 e. The van der Waals surface area contributed by atoms with Gasteiger partial charge < -0.3 is 14.2 Å². The van der Waals surface area contributed by atoms with Gasteiger partial charge in [0.25, 0.3) is 0 Å². The molecule has 1 unspecified atom stereocenters. The molecule has 1 atom stereocenters. The Morgan fingerprint density at radius 1 is 0.263 bits per heavy atom. The zero-order valence-electron chi connectivity index (χ0n) is 52.8. The quantitative estimate of drug-likeness (QED) is 0.0261. The van der Waals surface area contributed by atoms with Crippen molar-refractivity contribution in [2.24, 2.45) is 0 Å². The zero-order valence-corrected chi connectivity index (χ0v) is 52.8. The average Bonchev–Trinajstić information content (AvgIpc) is 3.46.